The normalized spacial score (nSPS) is 12.3. The molecule has 22 heavy (non-hydrogen) atoms. The second kappa shape index (κ2) is 5.68. The van der Waals surface area contributed by atoms with E-state index in [9.17, 15) is 4.79 Å². The molecule has 1 atom stereocenters. The van der Waals surface area contributed by atoms with E-state index in [1.807, 2.05) is 68.4 Å². The molecule has 0 N–H and O–H groups in total. The molecule has 0 saturated heterocycles. The maximum absolute atomic E-state index is 12.6. The van der Waals surface area contributed by atoms with Crippen LogP contribution in [-0.4, -0.2) is 17.9 Å². The van der Waals surface area contributed by atoms with Crippen molar-refractivity contribution in [2.45, 2.75) is 19.9 Å². The second-order valence-corrected chi connectivity index (χ2v) is 5.65. The molecule has 1 unspecified atom stereocenters. The first kappa shape index (κ1) is 14.4. The number of benzene rings is 2. The van der Waals surface area contributed by atoms with Crippen molar-refractivity contribution in [3.63, 3.8) is 0 Å². The lowest BCUT2D eigenvalue weighted by atomic mass is 10.1. The number of hydrogen-bond donors (Lipinski definition) is 0. The molecule has 0 aliphatic rings. The van der Waals surface area contributed by atoms with Gasteiger partial charge in [0.1, 0.15) is 5.58 Å². The van der Waals surface area contributed by atoms with E-state index >= 15 is 0 Å². The molecule has 0 saturated carbocycles. The lowest BCUT2D eigenvalue weighted by molar-refractivity contribution is 0.0713. The van der Waals surface area contributed by atoms with Crippen LogP contribution in [0.3, 0.4) is 0 Å². The molecule has 1 heterocycles. The summed E-state index contributed by atoms with van der Waals surface area (Å²) >= 11 is 0. The highest BCUT2D eigenvalue weighted by Gasteiger charge is 2.21. The lowest BCUT2D eigenvalue weighted by Gasteiger charge is -2.24. The molecule has 3 rings (SSSR count). The molecule has 3 heteroatoms. The third kappa shape index (κ3) is 2.62. The van der Waals surface area contributed by atoms with Gasteiger partial charge in [0.25, 0.3) is 5.91 Å². The summed E-state index contributed by atoms with van der Waals surface area (Å²) in [5, 5.41) is 0.962. The van der Waals surface area contributed by atoms with E-state index < -0.39 is 0 Å². The average molecular weight is 293 g/mol. The van der Waals surface area contributed by atoms with Gasteiger partial charge in [-0.1, -0.05) is 42.0 Å². The molecule has 112 valence electrons. The molecular weight excluding hydrogens is 274 g/mol. The fraction of sp³-hybridized carbons (Fsp3) is 0.211. The Morgan fingerprint density at radius 1 is 1.09 bits per heavy atom. The van der Waals surface area contributed by atoms with Crippen LogP contribution in [-0.2, 0) is 0 Å². The van der Waals surface area contributed by atoms with Crippen molar-refractivity contribution < 1.29 is 9.21 Å². The Morgan fingerprint density at radius 2 is 1.82 bits per heavy atom. The molecule has 0 fully saturated rings. The minimum absolute atomic E-state index is 0.0105. The van der Waals surface area contributed by atoms with Crippen LogP contribution in [0.15, 0.2) is 59.0 Å². The van der Waals surface area contributed by atoms with E-state index in [0.29, 0.717) is 5.76 Å². The molecule has 0 bridgehead atoms. The first-order valence-corrected chi connectivity index (χ1v) is 7.38. The maximum atomic E-state index is 12.6. The van der Waals surface area contributed by atoms with E-state index in [2.05, 4.69) is 0 Å². The molecule has 0 aliphatic carbocycles. The molecular formula is C19H19NO2. The Kier molecular flexibility index (Phi) is 3.72. The molecule has 3 nitrogen and oxygen atoms in total. The zero-order valence-electron chi connectivity index (χ0n) is 13.0. The van der Waals surface area contributed by atoms with Crippen molar-refractivity contribution in [1.82, 2.24) is 4.90 Å². The highest BCUT2D eigenvalue weighted by atomic mass is 16.3. The third-order valence-corrected chi connectivity index (χ3v) is 4.07. The summed E-state index contributed by atoms with van der Waals surface area (Å²) in [7, 11) is 1.80. The van der Waals surface area contributed by atoms with Gasteiger partial charge in [-0.25, -0.2) is 0 Å². The van der Waals surface area contributed by atoms with Gasteiger partial charge in [-0.2, -0.15) is 0 Å². The van der Waals surface area contributed by atoms with E-state index in [-0.39, 0.29) is 11.9 Å². The van der Waals surface area contributed by atoms with Crippen LogP contribution in [0.1, 0.15) is 34.6 Å². The summed E-state index contributed by atoms with van der Waals surface area (Å²) < 4.78 is 5.70. The SMILES string of the molecule is Cc1ccc2oc(C(=O)N(C)C(C)c3ccccc3)cc2c1. The summed E-state index contributed by atoms with van der Waals surface area (Å²) in [6.07, 6.45) is 0. The number of furan rings is 1. The van der Waals surface area contributed by atoms with Gasteiger partial charge >= 0.3 is 0 Å². The first-order chi connectivity index (χ1) is 10.6. The van der Waals surface area contributed by atoms with Gasteiger partial charge in [-0.15, -0.1) is 0 Å². The Hall–Kier alpha value is -2.55. The van der Waals surface area contributed by atoms with Gasteiger partial charge in [-0.05, 0) is 37.6 Å². The summed E-state index contributed by atoms with van der Waals surface area (Å²) in [5.41, 5.74) is 3.00. The first-order valence-electron chi connectivity index (χ1n) is 7.38. The standard InChI is InChI=1S/C19H19NO2/c1-13-9-10-17-16(11-13)12-18(22-17)19(21)20(3)14(2)15-7-5-4-6-8-15/h4-12,14H,1-3H3. The number of nitrogens with zero attached hydrogens (tertiary/aromatic N) is 1. The number of carbonyl (C=O) groups excluding carboxylic acids is 1. The van der Waals surface area contributed by atoms with Gasteiger partial charge in [0.15, 0.2) is 5.76 Å². The maximum Gasteiger partial charge on any atom is 0.289 e. The minimum Gasteiger partial charge on any atom is -0.451 e. The molecule has 0 radical (unpaired) electrons. The van der Waals surface area contributed by atoms with Gasteiger partial charge in [0.2, 0.25) is 0 Å². The van der Waals surface area contributed by atoms with Gasteiger partial charge in [-0.3, -0.25) is 4.79 Å². The molecule has 1 amide bonds. The van der Waals surface area contributed by atoms with Crippen molar-refractivity contribution in [2.24, 2.45) is 0 Å². The number of rotatable bonds is 3. The fourth-order valence-corrected chi connectivity index (χ4v) is 2.57. The van der Waals surface area contributed by atoms with Gasteiger partial charge in [0, 0.05) is 12.4 Å². The Balaban J connectivity index is 1.88. The summed E-state index contributed by atoms with van der Waals surface area (Å²) in [6, 6.07) is 17.7. The highest BCUT2D eigenvalue weighted by Crippen LogP contribution is 2.25. The molecule has 3 aromatic rings. The Morgan fingerprint density at radius 3 is 2.55 bits per heavy atom. The van der Waals surface area contributed by atoms with E-state index in [1.54, 1.807) is 11.9 Å². The molecule has 1 aromatic heterocycles. The lowest BCUT2D eigenvalue weighted by Crippen LogP contribution is -2.29. The van der Waals surface area contributed by atoms with Crippen LogP contribution in [0.2, 0.25) is 0 Å². The largest absolute Gasteiger partial charge is 0.451 e. The van der Waals surface area contributed by atoms with Crippen molar-refractivity contribution >= 4 is 16.9 Å². The van der Waals surface area contributed by atoms with Gasteiger partial charge in [0.05, 0.1) is 6.04 Å². The third-order valence-electron chi connectivity index (χ3n) is 4.07. The summed E-state index contributed by atoms with van der Waals surface area (Å²) in [5.74, 6) is 0.274. The van der Waals surface area contributed by atoms with E-state index in [0.717, 1.165) is 22.1 Å². The quantitative estimate of drug-likeness (QED) is 0.708. The molecule has 2 aromatic carbocycles. The number of aryl methyl sites for hydroxylation is 1. The molecule has 0 aliphatic heterocycles. The van der Waals surface area contributed by atoms with E-state index in [4.69, 9.17) is 4.42 Å². The van der Waals surface area contributed by atoms with Crippen LogP contribution < -0.4 is 0 Å². The monoisotopic (exact) mass is 293 g/mol. The van der Waals surface area contributed by atoms with Crippen LogP contribution >= 0.6 is 0 Å². The smallest absolute Gasteiger partial charge is 0.289 e. The van der Waals surface area contributed by atoms with E-state index in [1.165, 1.54) is 0 Å². The zero-order chi connectivity index (χ0) is 15.7. The average Bonchev–Trinajstić information content (AvgIpc) is 2.96. The summed E-state index contributed by atoms with van der Waals surface area (Å²) in [6.45, 7) is 4.04. The predicted octanol–water partition coefficient (Wildman–Crippen LogP) is 4.57. The van der Waals surface area contributed by atoms with Crippen LogP contribution in [0.4, 0.5) is 0 Å². The van der Waals surface area contributed by atoms with Crippen molar-refractivity contribution in [3.8, 4) is 0 Å². The van der Waals surface area contributed by atoms with Crippen molar-refractivity contribution in [1.29, 1.82) is 0 Å². The zero-order valence-corrected chi connectivity index (χ0v) is 13.0. The van der Waals surface area contributed by atoms with Crippen LogP contribution in [0.5, 0.6) is 0 Å². The fourth-order valence-electron chi connectivity index (χ4n) is 2.57. The van der Waals surface area contributed by atoms with Crippen molar-refractivity contribution in [3.05, 3.63) is 71.5 Å². The predicted molar refractivity (Wildman–Crippen MR) is 87.9 cm³/mol. The number of fused-ring (bicyclic) bond motifs is 1. The number of amides is 1. The Bertz CT molecular complexity index is 805. The highest BCUT2D eigenvalue weighted by molar-refractivity contribution is 5.96. The van der Waals surface area contributed by atoms with Gasteiger partial charge < -0.3 is 9.32 Å². The topological polar surface area (TPSA) is 33.5 Å². The minimum atomic E-state index is -0.106. The van der Waals surface area contributed by atoms with Crippen LogP contribution in [0, 0.1) is 6.92 Å². The van der Waals surface area contributed by atoms with Crippen LogP contribution in [0.25, 0.3) is 11.0 Å². The Labute approximate surface area is 130 Å². The number of hydrogen-bond acceptors (Lipinski definition) is 2. The molecule has 0 spiro atoms. The number of carbonyl (C=O) groups is 1. The second-order valence-electron chi connectivity index (χ2n) is 5.65. The summed E-state index contributed by atoms with van der Waals surface area (Å²) in [4.78, 5) is 14.4. The van der Waals surface area contributed by atoms with Crippen molar-refractivity contribution in [2.75, 3.05) is 7.05 Å².